The first-order valence-electron chi connectivity index (χ1n) is 3.96. The van der Waals surface area contributed by atoms with E-state index in [-0.39, 0.29) is 0 Å². The Morgan fingerprint density at radius 2 is 2.42 bits per heavy atom. The van der Waals surface area contributed by atoms with Crippen molar-refractivity contribution in [3.05, 3.63) is 24.3 Å². The Balaban J connectivity index is 2.18. The lowest BCUT2D eigenvalue weighted by molar-refractivity contribution is 1.05. The molecule has 1 heterocycles. The van der Waals surface area contributed by atoms with Gasteiger partial charge in [-0.05, 0) is 18.9 Å². The summed E-state index contributed by atoms with van der Waals surface area (Å²) in [6.07, 6.45) is 5.46. The van der Waals surface area contributed by atoms with Crippen molar-refractivity contribution in [2.75, 3.05) is 0 Å². The van der Waals surface area contributed by atoms with Crippen LogP contribution in [0.1, 0.15) is 18.5 Å². The second-order valence-electron chi connectivity index (χ2n) is 2.84. The fourth-order valence-corrected chi connectivity index (χ4v) is 0.909. The molecule has 0 atom stereocenters. The topological polar surface area (TPSA) is 64.2 Å². The Labute approximate surface area is 70.6 Å². The van der Waals surface area contributed by atoms with Crippen LogP contribution in [0.5, 0.6) is 0 Å². The lowest BCUT2D eigenvalue weighted by atomic mass is 10.4. The van der Waals surface area contributed by atoms with Gasteiger partial charge in [-0.2, -0.15) is 0 Å². The molecule has 12 heavy (non-hydrogen) atoms. The van der Waals surface area contributed by atoms with Gasteiger partial charge in [-0.15, -0.1) is 0 Å². The van der Waals surface area contributed by atoms with Crippen molar-refractivity contribution >= 4 is 5.84 Å². The Bertz CT molecular complexity index is 289. The number of aliphatic imine (C=N–C) groups is 1. The van der Waals surface area contributed by atoms with Gasteiger partial charge in [-0.1, -0.05) is 0 Å². The smallest absolute Gasteiger partial charge is 0.145 e. The van der Waals surface area contributed by atoms with Gasteiger partial charge in [-0.25, -0.2) is 9.97 Å². The molecule has 0 amide bonds. The first-order valence-corrected chi connectivity index (χ1v) is 3.96. The highest BCUT2D eigenvalue weighted by atomic mass is 15.0. The van der Waals surface area contributed by atoms with Crippen molar-refractivity contribution in [1.82, 2.24) is 9.97 Å². The Kier molecular flexibility index (Phi) is 1.74. The van der Waals surface area contributed by atoms with E-state index in [1.54, 1.807) is 12.3 Å². The van der Waals surface area contributed by atoms with E-state index in [9.17, 15) is 0 Å². The first-order chi connectivity index (χ1) is 5.86. The molecule has 1 aromatic heterocycles. The van der Waals surface area contributed by atoms with Crippen molar-refractivity contribution in [1.29, 1.82) is 0 Å². The van der Waals surface area contributed by atoms with Crippen LogP contribution in [0.2, 0.25) is 0 Å². The standard InChI is InChI=1S/C8H10N4/c9-8(12-6-1-2-6)7-3-4-10-5-11-7/h3-6H,1-2H2,(H2,9,12). The number of nitrogens with zero attached hydrogens (tertiary/aromatic N) is 3. The molecule has 4 nitrogen and oxygen atoms in total. The van der Waals surface area contributed by atoms with E-state index in [1.165, 1.54) is 6.33 Å². The van der Waals surface area contributed by atoms with Crippen LogP contribution in [0.3, 0.4) is 0 Å². The minimum Gasteiger partial charge on any atom is -0.382 e. The zero-order chi connectivity index (χ0) is 8.39. The molecule has 0 spiro atoms. The van der Waals surface area contributed by atoms with E-state index in [4.69, 9.17) is 5.73 Å². The molecule has 2 N–H and O–H groups in total. The fraction of sp³-hybridized carbons (Fsp3) is 0.375. The van der Waals surface area contributed by atoms with E-state index in [0.29, 0.717) is 11.9 Å². The maximum Gasteiger partial charge on any atom is 0.145 e. The highest BCUT2D eigenvalue weighted by Crippen LogP contribution is 2.23. The minimum atomic E-state index is 0.444. The van der Waals surface area contributed by atoms with Gasteiger partial charge in [0.25, 0.3) is 0 Å². The van der Waals surface area contributed by atoms with Crippen molar-refractivity contribution in [2.24, 2.45) is 10.7 Å². The number of rotatable bonds is 2. The van der Waals surface area contributed by atoms with Gasteiger partial charge in [0.15, 0.2) is 0 Å². The zero-order valence-electron chi connectivity index (χ0n) is 6.64. The Hall–Kier alpha value is -1.45. The molecular weight excluding hydrogens is 152 g/mol. The van der Waals surface area contributed by atoms with Gasteiger partial charge in [0.05, 0.1) is 6.04 Å². The van der Waals surface area contributed by atoms with Gasteiger partial charge in [0.1, 0.15) is 17.9 Å². The summed E-state index contributed by atoms with van der Waals surface area (Å²) in [5.41, 5.74) is 6.42. The summed E-state index contributed by atoms with van der Waals surface area (Å²) in [7, 11) is 0. The minimum absolute atomic E-state index is 0.444. The summed E-state index contributed by atoms with van der Waals surface area (Å²) >= 11 is 0. The molecule has 0 aromatic carbocycles. The lowest BCUT2D eigenvalue weighted by Crippen LogP contribution is -2.15. The van der Waals surface area contributed by atoms with E-state index in [0.717, 1.165) is 18.5 Å². The van der Waals surface area contributed by atoms with Gasteiger partial charge >= 0.3 is 0 Å². The Morgan fingerprint density at radius 3 is 3.00 bits per heavy atom. The second kappa shape index (κ2) is 2.89. The average molecular weight is 162 g/mol. The summed E-state index contributed by atoms with van der Waals surface area (Å²) < 4.78 is 0. The normalized spacial score (nSPS) is 17.8. The molecule has 1 fully saturated rings. The molecule has 1 aliphatic carbocycles. The number of hydrogen-bond donors (Lipinski definition) is 1. The third-order valence-electron chi connectivity index (χ3n) is 1.71. The van der Waals surface area contributed by atoms with Gasteiger partial charge in [0.2, 0.25) is 0 Å². The van der Waals surface area contributed by atoms with Crippen molar-refractivity contribution < 1.29 is 0 Å². The number of nitrogens with two attached hydrogens (primary N) is 1. The number of amidine groups is 1. The molecule has 1 aliphatic rings. The van der Waals surface area contributed by atoms with Crippen LogP contribution < -0.4 is 5.73 Å². The van der Waals surface area contributed by atoms with E-state index < -0.39 is 0 Å². The maximum atomic E-state index is 5.70. The maximum absolute atomic E-state index is 5.70. The summed E-state index contributed by atoms with van der Waals surface area (Å²) in [5.74, 6) is 0.528. The highest BCUT2D eigenvalue weighted by molar-refractivity contribution is 5.95. The molecule has 0 bridgehead atoms. The van der Waals surface area contributed by atoms with Gasteiger partial charge in [-0.3, -0.25) is 4.99 Å². The van der Waals surface area contributed by atoms with Gasteiger partial charge < -0.3 is 5.73 Å². The molecule has 1 saturated carbocycles. The monoisotopic (exact) mass is 162 g/mol. The van der Waals surface area contributed by atoms with Crippen molar-refractivity contribution in [3.8, 4) is 0 Å². The van der Waals surface area contributed by atoms with Crippen LogP contribution in [-0.4, -0.2) is 21.8 Å². The first kappa shape index (κ1) is 7.21. The molecule has 4 heteroatoms. The van der Waals surface area contributed by atoms with Crippen LogP contribution >= 0.6 is 0 Å². The summed E-state index contributed by atoms with van der Waals surface area (Å²) in [6, 6.07) is 2.21. The lowest BCUT2D eigenvalue weighted by Gasteiger charge is -1.96. The molecule has 62 valence electrons. The van der Waals surface area contributed by atoms with Crippen molar-refractivity contribution in [2.45, 2.75) is 18.9 Å². The largest absolute Gasteiger partial charge is 0.382 e. The summed E-state index contributed by atoms with van der Waals surface area (Å²) in [6.45, 7) is 0. The molecule has 0 radical (unpaired) electrons. The highest BCUT2D eigenvalue weighted by Gasteiger charge is 2.20. The molecule has 0 unspecified atom stereocenters. The Morgan fingerprint density at radius 1 is 1.58 bits per heavy atom. The number of aromatic nitrogens is 2. The van der Waals surface area contributed by atoms with Crippen LogP contribution in [-0.2, 0) is 0 Å². The third-order valence-corrected chi connectivity index (χ3v) is 1.71. The van der Waals surface area contributed by atoms with E-state index in [1.807, 2.05) is 0 Å². The van der Waals surface area contributed by atoms with Crippen LogP contribution in [0.15, 0.2) is 23.6 Å². The van der Waals surface area contributed by atoms with E-state index >= 15 is 0 Å². The SMILES string of the molecule is NC(=NC1CC1)c1ccncn1. The number of hydrogen-bond acceptors (Lipinski definition) is 3. The average Bonchev–Trinajstić information content (AvgIpc) is 2.90. The predicted molar refractivity (Wildman–Crippen MR) is 45.8 cm³/mol. The second-order valence-corrected chi connectivity index (χ2v) is 2.84. The molecular formula is C8H10N4. The molecule has 1 aromatic rings. The van der Waals surface area contributed by atoms with Crippen LogP contribution in [0, 0.1) is 0 Å². The van der Waals surface area contributed by atoms with Crippen LogP contribution in [0.25, 0.3) is 0 Å². The van der Waals surface area contributed by atoms with Crippen molar-refractivity contribution in [3.63, 3.8) is 0 Å². The summed E-state index contributed by atoms with van der Waals surface area (Å²) in [5, 5.41) is 0. The molecule has 0 saturated heterocycles. The van der Waals surface area contributed by atoms with Crippen LogP contribution in [0.4, 0.5) is 0 Å². The predicted octanol–water partition coefficient (Wildman–Crippen LogP) is 0.344. The molecule has 2 rings (SSSR count). The van der Waals surface area contributed by atoms with Gasteiger partial charge in [0, 0.05) is 6.20 Å². The molecule has 0 aliphatic heterocycles. The third kappa shape index (κ3) is 1.58. The zero-order valence-corrected chi connectivity index (χ0v) is 6.64. The van der Waals surface area contributed by atoms with E-state index in [2.05, 4.69) is 15.0 Å². The quantitative estimate of drug-likeness (QED) is 0.504. The summed E-state index contributed by atoms with van der Waals surface area (Å²) in [4.78, 5) is 12.1. The fourth-order valence-electron chi connectivity index (χ4n) is 0.909.